The molecule has 0 fully saturated rings. The molecule has 0 saturated carbocycles. The molecule has 3 amide bonds. The zero-order chi connectivity index (χ0) is 32.5. The van der Waals surface area contributed by atoms with Crippen molar-refractivity contribution >= 4 is 52.6 Å². The van der Waals surface area contributed by atoms with E-state index >= 15 is 0 Å². The van der Waals surface area contributed by atoms with Crippen molar-refractivity contribution in [3.8, 4) is 0 Å². The molecule has 3 N–H and O–H groups in total. The fourth-order valence-corrected chi connectivity index (χ4v) is 7.76. The molecule has 0 aliphatic carbocycles. The van der Waals surface area contributed by atoms with Gasteiger partial charge in [-0.25, -0.2) is 0 Å². The lowest BCUT2D eigenvalue weighted by Gasteiger charge is -2.29. The highest BCUT2D eigenvalue weighted by Gasteiger charge is 2.23. The van der Waals surface area contributed by atoms with Crippen molar-refractivity contribution in [1.82, 2.24) is 10.6 Å². The van der Waals surface area contributed by atoms with Crippen LogP contribution in [0.1, 0.15) is 75.0 Å². The van der Waals surface area contributed by atoms with Crippen LogP contribution in [0.2, 0.25) is 0 Å². The fraction of sp³-hybridized carbons (Fsp3) is 0.545. The van der Waals surface area contributed by atoms with Gasteiger partial charge < -0.3 is 25.0 Å². The summed E-state index contributed by atoms with van der Waals surface area (Å²) in [6, 6.07) is 16.3. The monoisotopic (exact) mass is 677 g/mol. The normalized spacial score (nSPS) is 14.7. The Hall–Kier alpha value is -2.30. The van der Waals surface area contributed by atoms with Gasteiger partial charge in [-0.1, -0.05) is 83.8 Å². The molecule has 0 bridgehead atoms. The Kier molecular flexibility index (Phi) is 16.6. The molecular weight excluding hydrogens is 629 g/mol. The van der Waals surface area contributed by atoms with Gasteiger partial charge in [0.1, 0.15) is 0 Å². The molecule has 9 nitrogen and oxygen atoms in total. The van der Waals surface area contributed by atoms with Gasteiger partial charge in [-0.05, 0) is 54.9 Å². The molecule has 12 heteroatoms. The lowest BCUT2D eigenvalue weighted by molar-refractivity contribution is -0.125. The van der Waals surface area contributed by atoms with E-state index in [2.05, 4.69) is 35.8 Å². The van der Waals surface area contributed by atoms with Crippen molar-refractivity contribution in [2.75, 3.05) is 37.0 Å². The Morgan fingerprint density at radius 2 is 1.53 bits per heavy atom. The molecule has 1 aliphatic heterocycles. The molecule has 2 atom stereocenters. The predicted molar refractivity (Wildman–Crippen MR) is 186 cm³/mol. The van der Waals surface area contributed by atoms with E-state index in [4.69, 9.17) is 9.42 Å². The average Bonchev–Trinajstić information content (AvgIpc) is 3.00. The van der Waals surface area contributed by atoms with E-state index in [0.717, 1.165) is 67.5 Å². The number of benzene rings is 2. The predicted octanol–water partition coefficient (Wildman–Crippen LogP) is 6.27. The van der Waals surface area contributed by atoms with Crippen molar-refractivity contribution < 1.29 is 28.4 Å². The van der Waals surface area contributed by atoms with E-state index in [1.165, 1.54) is 12.2 Å². The number of carbonyl (C=O) groups excluding carboxylic acids is 3. The number of hydrogen-bond donors (Lipinski definition) is 3. The molecule has 2 aromatic rings. The summed E-state index contributed by atoms with van der Waals surface area (Å²) in [6.45, 7) is 5.23. The van der Waals surface area contributed by atoms with E-state index in [1.54, 1.807) is 21.6 Å². The molecule has 1 aliphatic rings. The number of aryl methyl sites for hydroxylation is 2. The average molecular weight is 678 g/mol. The van der Waals surface area contributed by atoms with Gasteiger partial charge in [0.25, 0.3) is 0 Å². The maximum absolute atomic E-state index is 13.3. The van der Waals surface area contributed by atoms with E-state index in [0.29, 0.717) is 31.3 Å². The van der Waals surface area contributed by atoms with Crippen LogP contribution in [0.3, 0.4) is 0 Å². The number of carbonyl (C=O) groups is 3. The van der Waals surface area contributed by atoms with E-state index in [1.807, 2.05) is 35.2 Å². The molecule has 0 saturated heterocycles. The van der Waals surface area contributed by atoms with Gasteiger partial charge in [0.15, 0.2) is 0 Å². The molecule has 2 unspecified atom stereocenters. The summed E-state index contributed by atoms with van der Waals surface area (Å²) in [4.78, 5) is 48.9. The number of para-hydroxylation sites is 1. The topological polar surface area (TPSA) is 125 Å². The van der Waals surface area contributed by atoms with E-state index in [-0.39, 0.29) is 37.2 Å². The van der Waals surface area contributed by atoms with Crippen LogP contribution in [-0.4, -0.2) is 60.0 Å². The first-order valence-electron chi connectivity index (χ1n) is 15.8. The largest absolute Gasteiger partial charge is 0.356 e. The van der Waals surface area contributed by atoms with E-state index in [9.17, 15) is 18.9 Å². The smallest absolute Gasteiger partial charge is 0.325 e. The van der Waals surface area contributed by atoms with Crippen molar-refractivity contribution in [2.45, 2.75) is 82.9 Å². The highest BCUT2D eigenvalue weighted by Crippen LogP contribution is 2.36. The number of anilines is 1. The van der Waals surface area contributed by atoms with Crippen molar-refractivity contribution in [2.24, 2.45) is 0 Å². The second-order valence-electron chi connectivity index (χ2n) is 11.4. The number of unbranched alkanes of at least 4 members (excludes halogenated alkanes) is 3. The summed E-state index contributed by atoms with van der Waals surface area (Å²) in [5, 5.41) is 6.19. The number of hydrogen-bond acceptors (Lipinski definition) is 7. The zero-order valence-corrected chi connectivity index (χ0v) is 29.0. The Balaban J connectivity index is 1.24. The molecule has 2 aromatic carbocycles. The summed E-state index contributed by atoms with van der Waals surface area (Å²) in [5.41, 5.74) is 4.50. The second kappa shape index (κ2) is 20.0. The summed E-state index contributed by atoms with van der Waals surface area (Å²) in [7, 11) is 0.00443. The first kappa shape index (κ1) is 37.2. The SMILES string of the molecule is CC(CCC(=O)NCCCCCCOP(C)(=O)O)SSCCNC(=O)CCC(=O)N1Cc2ccccc2CCc2ccccc21. The fourth-order valence-electron chi connectivity index (χ4n) is 5.04. The maximum Gasteiger partial charge on any atom is 0.325 e. The van der Waals surface area contributed by atoms with Crippen LogP contribution in [0.4, 0.5) is 5.69 Å². The molecule has 3 rings (SSSR count). The summed E-state index contributed by atoms with van der Waals surface area (Å²) in [5.74, 6) is 0.630. The van der Waals surface area contributed by atoms with E-state index < -0.39 is 7.60 Å². The third-order valence-corrected chi connectivity index (χ3v) is 11.1. The molecule has 45 heavy (non-hydrogen) atoms. The Morgan fingerprint density at radius 3 is 2.31 bits per heavy atom. The number of nitrogens with one attached hydrogen (secondary N) is 2. The van der Waals surface area contributed by atoms with Gasteiger partial charge in [0.05, 0.1) is 13.2 Å². The van der Waals surface area contributed by atoms with Gasteiger partial charge in [0, 0.05) is 55.7 Å². The first-order chi connectivity index (χ1) is 21.6. The van der Waals surface area contributed by atoms with Crippen LogP contribution in [0, 0.1) is 0 Å². The summed E-state index contributed by atoms with van der Waals surface area (Å²) >= 11 is 0. The van der Waals surface area contributed by atoms with Crippen LogP contribution in [0.5, 0.6) is 0 Å². The maximum atomic E-state index is 13.3. The quantitative estimate of drug-likeness (QED) is 0.0903. The lowest BCUT2D eigenvalue weighted by Crippen LogP contribution is -2.34. The minimum absolute atomic E-state index is 0.0450. The molecule has 0 spiro atoms. The molecular formula is C33H48N3O6PS2. The van der Waals surface area contributed by atoms with Crippen LogP contribution < -0.4 is 15.5 Å². The molecule has 1 heterocycles. The molecule has 248 valence electrons. The minimum atomic E-state index is -3.39. The summed E-state index contributed by atoms with van der Waals surface area (Å²) in [6.07, 6.45) is 6.80. The van der Waals surface area contributed by atoms with Crippen LogP contribution in [0.25, 0.3) is 0 Å². The standard InChI is InChI=1S/C33H48N3O6PS2/c1-26(15-18-31(37)34-21-9-3-4-10-23-42-43(2,40)41)45-44-24-22-35-32(38)19-20-33(39)36-25-29-13-6-5-11-27(29)16-17-28-12-7-8-14-30(28)36/h5-8,11-14,26H,3-4,9-10,15-25H2,1-2H3,(H,34,37)(H,35,38)(H,40,41). The Labute approximate surface area is 276 Å². The minimum Gasteiger partial charge on any atom is -0.356 e. The highest BCUT2D eigenvalue weighted by molar-refractivity contribution is 8.76. The van der Waals surface area contributed by atoms with Crippen molar-refractivity contribution in [3.05, 3.63) is 65.2 Å². The Bertz CT molecular complexity index is 1290. The number of rotatable bonds is 19. The van der Waals surface area contributed by atoms with Gasteiger partial charge in [-0.2, -0.15) is 0 Å². The second-order valence-corrected chi connectivity index (χ2v) is 16.2. The van der Waals surface area contributed by atoms with Gasteiger partial charge in [-0.3, -0.25) is 18.9 Å². The third-order valence-electron chi connectivity index (χ3n) is 7.50. The number of nitrogens with zero attached hydrogens (tertiary/aromatic N) is 1. The molecule has 0 radical (unpaired) electrons. The Morgan fingerprint density at radius 1 is 0.889 bits per heavy atom. The van der Waals surface area contributed by atoms with Crippen LogP contribution >= 0.6 is 29.2 Å². The zero-order valence-electron chi connectivity index (χ0n) is 26.5. The third kappa shape index (κ3) is 14.8. The number of fused-ring (bicyclic) bond motifs is 2. The van der Waals surface area contributed by atoms with Crippen molar-refractivity contribution in [1.29, 1.82) is 0 Å². The van der Waals surface area contributed by atoms with Crippen LogP contribution in [0.15, 0.2) is 48.5 Å². The molecule has 0 aromatic heterocycles. The van der Waals surface area contributed by atoms with Gasteiger partial charge >= 0.3 is 7.60 Å². The van der Waals surface area contributed by atoms with Crippen LogP contribution in [-0.2, 0) is 42.9 Å². The summed E-state index contributed by atoms with van der Waals surface area (Å²) < 4.78 is 15.9. The highest BCUT2D eigenvalue weighted by atomic mass is 33.1. The van der Waals surface area contributed by atoms with Crippen molar-refractivity contribution in [3.63, 3.8) is 0 Å². The first-order valence-corrected chi connectivity index (χ1v) is 20.2. The van der Waals surface area contributed by atoms with Gasteiger partial charge in [0.2, 0.25) is 17.7 Å². The lowest BCUT2D eigenvalue weighted by atomic mass is 9.95. The van der Waals surface area contributed by atoms with Gasteiger partial charge in [-0.15, -0.1) is 0 Å². The number of amides is 3.